The second-order valence-corrected chi connectivity index (χ2v) is 4.00. The maximum atomic E-state index is 11.2. The Hall–Kier alpha value is -2.38. The van der Waals surface area contributed by atoms with Gasteiger partial charge in [-0.25, -0.2) is 10.0 Å². The van der Waals surface area contributed by atoms with Crippen molar-refractivity contribution in [1.29, 1.82) is 0 Å². The minimum atomic E-state index is -0.253. The molecule has 1 aromatic heterocycles. The maximum Gasteiger partial charge on any atom is 0.318 e. The van der Waals surface area contributed by atoms with E-state index in [4.69, 9.17) is 5.21 Å². The van der Waals surface area contributed by atoms with E-state index in [2.05, 4.69) is 15.6 Å². The lowest BCUT2D eigenvalue weighted by Crippen LogP contribution is -2.74. The molecule has 2 rings (SSSR count). The number of hydrogen-bond donors (Lipinski definition) is 4. The van der Waals surface area contributed by atoms with Crippen molar-refractivity contribution in [2.24, 2.45) is 0 Å². The van der Waals surface area contributed by atoms with E-state index >= 15 is 0 Å². The monoisotopic (exact) mass is 262 g/mol. The van der Waals surface area contributed by atoms with Crippen molar-refractivity contribution < 1.29 is 15.5 Å². The standard InChI is InChI=1S/C12H15N5O2/c1-13-12(18)15-10-4-2-3-9(5-10)6-17-7-11(16-19)14-8-17/h2-5,7-8,16,19H,6H2,1H3,(H2,13,15,18)/p+1. The quantitative estimate of drug-likeness (QED) is 0.595. The van der Waals surface area contributed by atoms with Crippen molar-refractivity contribution in [2.45, 2.75) is 6.54 Å². The number of amides is 2. The summed E-state index contributed by atoms with van der Waals surface area (Å²) in [6.45, 7) is 0.615. The number of rotatable bonds is 4. The highest BCUT2D eigenvalue weighted by Crippen LogP contribution is 2.12. The number of carbonyl (C=O) groups is 1. The molecule has 19 heavy (non-hydrogen) atoms. The van der Waals surface area contributed by atoms with Gasteiger partial charge in [-0.15, -0.1) is 0 Å². The highest BCUT2D eigenvalue weighted by molar-refractivity contribution is 5.89. The number of nitrogens with one attached hydrogen (secondary N) is 2. The highest BCUT2D eigenvalue weighted by Gasteiger charge is 2.03. The van der Waals surface area contributed by atoms with E-state index in [0.29, 0.717) is 12.4 Å². The third-order valence-electron chi connectivity index (χ3n) is 2.56. The van der Waals surface area contributed by atoms with E-state index in [0.717, 1.165) is 16.7 Å². The first-order chi connectivity index (χ1) is 9.21. The molecule has 0 aliphatic carbocycles. The normalized spacial score (nSPS) is 10.2. The van der Waals surface area contributed by atoms with Crippen LogP contribution in [0, 0.1) is 0 Å². The van der Waals surface area contributed by atoms with Crippen LogP contribution < -0.4 is 16.1 Å². The Morgan fingerprint density at radius 2 is 2.37 bits per heavy atom. The largest absolute Gasteiger partial charge is 0.341 e. The Kier molecular flexibility index (Phi) is 4.11. The zero-order chi connectivity index (χ0) is 13.7. The summed E-state index contributed by atoms with van der Waals surface area (Å²) in [4.78, 5) is 15.2. The number of nitrogens with two attached hydrogens (primary N) is 1. The molecule has 100 valence electrons. The number of urea groups is 1. The van der Waals surface area contributed by atoms with Gasteiger partial charge in [0.25, 0.3) is 5.82 Å². The molecule has 0 radical (unpaired) electrons. The molecule has 2 amide bonds. The number of quaternary nitrogens is 1. The molecule has 7 nitrogen and oxygen atoms in total. The first-order valence-corrected chi connectivity index (χ1v) is 5.78. The number of carbonyl (C=O) groups excluding carboxylic acids is 1. The molecule has 0 saturated heterocycles. The molecule has 0 fully saturated rings. The molecule has 0 aliphatic rings. The average Bonchev–Trinajstić information content (AvgIpc) is 2.86. The summed E-state index contributed by atoms with van der Waals surface area (Å²) in [6, 6.07) is 7.28. The molecular formula is C12H16N5O2+. The summed E-state index contributed by atoms with van der Waals surface area (Å²) < 4.78 is 1.85. The van der Waals surface area contributed by atoms with Crippen LogP contribution in [-0.4, -0.2) is 27.8 Å². The van der Waals surface area contributed by atoms with Gasteiger partial charge in [-0.05, 0) is 17.7 Å². The molecule has 0 aliphatic heterocycles. The summed E-state index contributed by atoms with van der Waals surface area (Å²) in [7, 11) is 1.57. The van der Waals surface area contributed by atoms with Crippen LogP contribution in [-0.2, 0) is 6.54 Å². The molecule has 1 heterocycles. The average molecular weight is 262 g/mol. The summed E-state index contributed by atoms with van der Waals surface area (Å²) in [5.41, 5.74) is 2.71. The third-order valence-corrected chi connectivity index (χ3v) is 2.56. The first kappa shape index (κ1) is 13.1. The second kappa shape index (κ2) is 5.98. The number of hydrogen-bond acceptors (Lipinski definition) is 3. The molecule has 5 N–H and O–H groups in total. The van der Waals surface area contributed by atoms with E-state index in [1.54, 1.807) is 19.6 Å². The minimum absolute atomic E-state index is 0.253. The van der Waals surface area contributed by atoms with E-state index in [9.17, 15) is 4.79 Å². The van der Waals surface area contributed by atoms with Gasteiger partial charge in [-0.3, -0.25) is 0 Å². The molecule has 2 aromatic rings. The van der Waals surface area contributed by atoms with Crippen LogP contribution in [0.15, 0.2) is 36.8 Å². The fraction of sp³-hybridized carbons (Fsp3) is 0.167. The van der Waals surface area contributed by atoms with Crippen LogP contribution in [0.5, 0.6) is 0 Å². The van der Waals surface area contributed by atoms with Gasteiger partial charge in [-0.2, -0.15) is 10.5 Å². The predicted octanol–water partition coefficient (Wildman–Crippen LogP) is 0.267. The van der Waals surface area contributed by atoms with Crippen LogP contribution in [0.25, 0.3) is 0 Å². The molecule has 0 unspecified atom stereocenters. The topological polar surface area (TPSA) is 95.8 Å². The molecule has 0 saturated carbocycles. The van der Waals surface area contributed by atoms with Gasteiger partial charge in [-0.1, -0.05) is 12.1 Å². The van der Waals surface area contributed by atoms with E-state index in [-0.39, 0.29) is 6.03 Å². The highest BCUT2D eigenvalue weighted by atomic mass is 16.5. The van der Waals surface area contributed by atoms with Crippen LogP contribution in [0.2, 0.25) is 0 Å². The molecule has 0 atom stereocenters. The van der Waals surface area contributed by atoms with Gasteiger partial charge >= 0.3 is 6.03 Å². The zero-order valence-electron chi connectivity index (χ0n) is 10.5. The van der Waals surface area contributed by atoms with Crippen molar-refractivity contribution >= 4 is 17.5 Å². The lowest BCUT2D eigenvalue weighted by atomic mass is 10.2. The van der Waals surface area contributed by atoms with Crippen molar-refractivity contribution in [3.05, 3.63) is 42.4 Å². The van der Waals surface area contributed by atoms with Gasteiger partial charge in [0.1, 0.15) is 6.33 Å². The van der Waals surface area contributed by atoms with Crippen molar-refractivity contribution in [1.82, 2.24) is 14.9 Å². The number of imidazole rings is 1. The van der Waals surface area contributed by atoms with Crippen LogP contribution in [0.1, 0.15) is 5.56 Å². The van der Waals surface area contributed by atoms with Crippen LogP contribution >= 0.6 is 0 Å². The number of aromatic nitrogens is 2. The Morgan fingerprint density at radius 3 is 3.05 bits per heavy atom. The Morgan fingerprint density at radius 1 is 1.53 bits per heavy atom. The molecular weight excluding hydrogens is 246 g/mol. The van der Waals surface area contributed by atoms with Crippen LogP contribution in [0.3, 0.4) is 0 Å². The fourth-order valence-corrected chi connectivity index (χ4v) is 1.68. The molecule has 0 bridgehead atoms. The van der Waals surface area contributed by atoms with Gasteiger partial charge < -0.3 is 15.2 Å². The zero-order valence-corrected chi connectivity index (χ0v) is 10.5. The summed E-state index contributed by atoms with van der Waals surface area (Å²) in [5, 5.41) is 14.0. The van der Waals surface area contributed by atoms with Gasteiger partial charge in [0.05, 0.1) is 6.20 Å². The summed E-state index contributed by atoms with van der Waals surface area (Å²) in [6.07, 6.45) is 3.37. The van der Waals surface area contributed by atoms with Gasteiger partial charge in [0.2, 0.25) is 0 Å². The van der Waals surface area contributed by atoms with E-state index in [1.165, 1.54) is 0 Å². The SMILES string of the molecule is CNC(=O)Nc1cccc(Cn2cnc([NH2+]O)c2)c1. The van der Waals surface area contributed by atoms with Crippen LogP contribution in [0.4, 0.5) is 16.3 Å². The number of anilines is 1. The van der Waals surface area contributed by atoms with Gasteiger partial charge in [0.15, 0.2) is 0 Å². The minimum Gasteiger partial charge on any atom is -0.341 e. The smallest absolute Gasteiger partial charge is 0.318 e. The maximum absolute atomic E-state index is 11.2. The van der Waals surface area contributed by atoms with E-state index in [1.807, 2.05) is 28.8 Å². The second-order valence-electron chi connectivity index (χ2n) is 4.00. The molecule has 0 spiro atoms. The molecule has 7 heteroatoms. The predicted molar refractivity (Wildman–Crippen MR) is 69.2 cm³/mol. The Labute approximate surface area is 110 Å². The number of nitrogens with zero attached hydrogens (tertiary/aromatic N) is 2. The Balaban J connectivity index is 2.08. The lowest BCUT2D eigenvalue weighted by Gasteiger charge is -2.07. The third kappa shape index (κ3) is 3.54. The summed E-state index contributed by atoms with van der Waals surface area (Å²) in [5.74, 6) is 0.514. The number of benzene rings is 1. The Bertz CT molecular complexity index is 567. The fourth-order valence-electron chi connectivity index (χ4n) is 1.68. The van der Waals surface area contributed by atoms with Crippen molar-refractivity contribution in [3.63, 3.8) is 0 Å². The van der Waals surface area contributed by atoms with Crippen molar-refractivity contribution in [2.75, 3.05) is 12.4 Å². The van der Waals surface area contributed by atoms with E-state index < -0.39 is 0 Å². The molecule has 1 aromatic carbocycles. The summed E-state index contributed by atoms with van der Waals surface area (Å²) >= 11 is 0. The first-order valence-electron chi connectivity index (χ1n) is 5.78. The van der Waals surface area contributed by atoms with Crippen molar-refractivity contribution in [3.8, 4) is 0 Å². The lowest BCUT2D eigenvalue weighted by molar-refractivity contribution is -0.828. The van der Waals surface area contributed by atoms with Gasteiger partial charge in [0, 0.05) is 19.3 Å².